The van der Waals surface area contributed by atoms with Crippen LogP contribution >= 0.6 is 0 Å². The largest absolute Gasteiger partial charge is 0.394 e. The Bertz CT molecular complexity index is 393. The molecule has 0 saturated heterocycles. The van der Waals surface area contributed by atoms with Gasteiger partial charge in [-0.3, -0.25) is 4.79 Å². The SMILES string of the molecule is Cc1[nH]c(=O)c(N)c2c1CCCC2. The fraction of sp³-hybridized carbons (Fsp3) is 0.500. The van der Waals surface area contributed by atoms with E-state index in [1.165, 1.54) is 12.0 Å². The van der Waals surface area contributed by atoms with Crippen LogP contribution in [-0.2, 0) is 12.8 Å². The number of aryl methyl sites for hydroxylation is 1. The van der Waals surface area contributed by atoms with Gasteiger partial charge in [0.15, 0.2) is 0 Å². The van der Waals surface area contributed by atoms with Crippen LogP contribution in [0.2, 0.25) is 0 Å². The van der Waals surface area contributed by atoms with Crippen molar-refractivity contribution < 1.29 is 0 Å². The lowest BCUT2D eigenvalue weighted by atomic mass is 9.90. The molecule has 0 aromatic carbocycles. The molecule has 0 bridgehead atoms. The lowest BCUT2D eigenvalue weighted by Crippen LogP contribution is -2.20. The molecule has 13 heavy (non-hydrogen) atoms. The quantitative estimate of drug-likeness (QED) is 0.626. The number of hydrogen-bond acceptors (Lipinski definition) is 2. The second-order valence-corrected chi connectivity index (χ2v) is 3.66. The van der Waals surface area contributed by atoms with Crippen molar-refractivity contribution in [2.45, 2.75) is 32.6 Å². The van der Waals surface area contributed by atoms with Crippen LogP contribution in [0, 0.1) is 6.92 Å². The number of aromatic amines is 1. The molecule has 0 radical (unpaired) electrons. The lowest BCUT2D eigenvalue weighted by Gasteiger charge is -2.18. The fourth-order valence-corrected chi connectivity index (χ4v) is 2.07. The maximum Gasteiger partial charge on any atom is 0.271 e. The van der Waals surface area contributed by atoms with Gasteiger partial charge in [-0.25, -0.2) is 0 Å². The third kappa shape index (κ3) is 1.24. The molecule has 1 aromatic rings. The number of pyridine rings is 1. The van der Waals surface area contributed by atoms with Gasteiger partial charge in [0.05, 0.1) is 0 Å². The minimum absolute atomic E-state index is 0.127. The third-order valence-electron chi connectivity index (χ3n) is 2.79. The summed E-state index contributed by atoms with van der Waals surface area (Å²) in [5.41, 5.74) is 9.38. The molecule has 0 unspecified atom stereocenters. The maximum absolute atomic E-state index is 11.3. The molecule has 0 fully saturated rings. The molecular weight excluding hydrogens is 164 g/mol. The summed E-state index contributed by atoms with van der Waals surface area (Å²) in [7, 11) is 0. The van der Waals surface area contributed by atoms with Crippen LogP contribution in [0.25, 0.3) is 0 Å². The molecule has 1 aliphatic carbocycles. The lowest BCUT2D eigenvalue weighted by molar-refractivity contribution is 0.677. The number of fused-ring (bicyclic) bond motifs is 1. The minimum Gasteiger partial charge on any atom is -0.394 e. The molecule has 1 aromatic heterocycles. The Labute approximate surface area is 77.0 Å². The van der Waals surface area contributed by atoms with Gasteiger partial charge < -0.3 is 10.7 Å². The monoisotopic (exact) mass is 178 g/mol. The third-order valence-corrected chi connectivity index (χ3v) is 2.79. The second-order valence-electron chi connectivity index (χ2n) is 3.66. The number of nitrogen functional groups attached to an aromatic ring is 1. The molecule has 3 heteroatoms. The molecule has 2 rings (SSSR count). The Balaban J connectivity index is 2.70. The topological polar surface area (TPSA) is 58.9 Å². The summed E-state index contributed by atoms with van der Waals surface area (Å²) in [4.78, 5) is 14.1. The van der Waals surface area contributed by atoms with Crippen molar-refractivity contribution in [1.29, 1.82) is 0 Å². The first kappa shape index (κ1) is 8.35. The zero-order valence-corrected chi connectivity index (χ0v) is 7.81. The van der Waals surface area contributed by atoms with E-state index in [1.807, 2.05) is 6.92 Å². The van der Waals surface area contributed by atoms with Crippen molar-refractivity contribution >= 4 is 5.69 Å². The molecule has 0 amide bonds. The number of aromatic nitrogens is 1. The van der Waals surface area contributed by atoms with Gasteiger partial charge in [0.2, 0.25) is 0 Å². The number of H-pyrrole nitrogens is 1. The van der Waals surface area contributed by atoms with Crippen LogP contribution in [0.4, 0.5) is 5.69 Å². The minimum atomic E-state index is -0.127. The van der Waals surface area contributed by atoms with E-state index in [1.54, 1.807) is 0 Å². The van der Waals surface area contributed by atoms with Crippen molar-refractivity contribution in [3.63, 3.8) is 0 Å². The van der Waals surface area contributed by atoms with Gasteiger partial charge in [0.25, 0.3) is 5.56 Å². The van der Waals surface area contributed by atoms with E-state index in [0.717, 1.165) is 30.5 Å². The van der Waals surface area contributed by atoms with Crippen LogP contribution in [0.1, 0.15) is 29.7 Å². The maximum atomic E-state index is 11.3. The Morgan fingerprint density at radius 3 is 2.54 bits per heavy atom. The van der Waals surface area contributed by atoms with Gasteiger partial charge in [-0.05, 0) is 43.7 Å². The van der Waals surface area contributed by atoms with Gasteiger partial charge in [-0.2, -0.15) is 0 Å². The zero-order chi connectivity index (χ0) is 9.42. The van der Waals surface area contributed by atoms with Crippen molar-refractivity contribution in [2.75, 3.05) is 5.73 Å². The van der Waals surface area contributed by atoms with Gasteiger partial charge in [0, 0.05) is 5.69 Å². The zero-order valence-electron chi connectivity index (χ0n) is 7.81. The van der Waals surface area contributed by atoms with Gasteiger partial charge in [0.1, 0.15) is 5.69 Å². The van der Waals surface area contributed by atoms with Gasteiger partial charge >= 0.3 is 0 Å². The highest BCUT2D eigenvalue weighted by molar-refractivity contribution is 5.51. The first-order valence-electron chi connectivity index (χ1n) is 4.70. The van der Waals surface area contributed by atoms with E-state index in [-0.39, 0.29) is 5.56 Å². The molecule has 1 aliphatic rings. The smallest absolute Gasteiger partial charge is 0.271 e. The fourth-order valence-electron chi connectivity index (χ4n) is 2.07. The number of anilines is 1. The first-order valence-corrected chi connectivity index (χ1v) is 4.70. The predicted molar refractivity (Wildman–Crippen MR) is 52.9 cm³/mol. The van der Waals surface area contributed by atoms with E-state index in [9.17, 15) is 4.79 Å². The molecule has 70 valence electrons. The standard InChI is InChI=1S/C10H14N2O/c1-6-7-4-2-3-5-8(7)9(11)10(13)12-6/h2-5,11H2,1H3,(H,12,13). The summed E-state index contributed by atoms with van der Waals surface area (Å²) in [5, 5.41) is 0. The predicted octanol–water partition coefficient (Wildman–Crippen LogP) is 1.14. The van der Waals surface area contributed by atoms with Crippen molar-refractivity contribution in [3.8, 4) is 0 Å². The molecule has 1 heterocycles. The molecule has 0 spiro atoms. The average molecular weight is 178 g/mol. The van der Waals surface area contributed by atoms with E-state index in [2.05, 4.69) is 4.98 Å². The second kappa shape index (κ2) is 2.91. The highest BCUT2D eigenvalue weighted by atomic mass is 16.1. The Morgan fingerprint density at radius 1 is 1.23 bits per heavy atom. The summed E-state index contributed by atoms with van der Waals surface area (Å²) < 4.78 is 0. The van der Waals surface area contributed by atoms with Gasteiger partial charge in [-0.15, -0.1) is 0 Å². The molecule has 0 saturated carbocycles. The summed E-state index contributed by atoms with van der Waals surface area (Å²) in [5.74, 6) is 0. The van der Waals surface area contributed by atoms with Crippen LogP contribution in [0.5, 0.6) is 0 Å². The van der Waals surface area contributed by atoms with E-state index < -0.39 is 0 Å². The van der Waals surface area contributed by atoms with Crippen LogP contribution in [-0.4, -0.2) is 4.98 Å². The molecular formula is C10H14N2O. The summed E-state index contributed by atoms with van der Waals surface area (Å²) in [6.07, 6.45) is 4.38. The van der Waals surface area contributed by atoms with Crippen LogP contribution in [0.15, 0.2) is 4.79 Å². The van der Waals surface area contributed by atoms with Crippen molar-refractivity contribution in [3.05, 3.63) is 27.2 Å². The van der Waals surface area contributed by atoms with Crippen LogP contribution < -0.4 is 11.3 Å². The van der Waals surface area contributed by atoms with Crippen molar-refractivity contribution in [1.82, 2.24) is 4.98 Å². The van der Waals surface area contributed by atoms with E-state index >= 15 is 0 Å². The highest BCUT2D eigenvalue weighted by Gasteiger charge is 2.16. The normalized spacial score (nSPS) is 15.5. The average Bonchev–Trinajstić information content (AvgIpc) is 2.15. The Hall–Kier alpha value is -1.25. The van der Waals surface area contributed by atoms with Crippen molar-refractivity contribution in [2.24, 2.45) is 0 Å². The summed E-state index contributed by atoms with van der Waals surface area (Å²) >= 11 is 0. The molecule has 0 atom stereocenters. The first-order chi connectivity index (χ1) is 6.20. The molecule has 3 nitrogen and oxygen atoms in total. The highest BCUT2D eigenvalue weighted by Crippen LogP contribution is 2.25. The number of hydrogen-bond donors (Lipinski definition) is 2. The Kier molecular flexibility index (Phi) is 1.87. The number of nitrogens with two attached hydrogens (primary N) is 1. The Morgan fingerprint density at radius 2 is 1.85 bits per heavy atom. The van der Waals surface area contributed by atoms with Crippen LogP contribution in [0.3, 0.4) is 0 Å². The molecule has 3 N–H and O–H groups in total. The molecule has 0 aliphatic heterocycles. The van der Waals surface area contributed by atoms with Gasteiger partial charge in [-0.1, -0.05) is 0 Å². The van der Waals surface area contributed by atoms with E-state index in [4.69, 9.17) is 5.73 Å². The number of rotatable bonds is 0. The summed E-state index contributed by atoms with van der Waals surface area (Å²) in [6.45, 7) is 1.95. The summed E-state index contributed by atoms with van der Waals surface area (Å²) in [6, 6.07) is 0. The van der Waals surface area contributed by atoms with E-state index in [0.29, 0.717) is 5.69 Å². The number of nitrogens with one attached hydrogen (secondary N) is 1.